The Balaban J connectivity index is 1.23. The molecule has 2 atom stereocenters. The minimum absolute atomic E-state index is 0.108. The number of benzene rings is 1. The number of β-amino-alcohol motifs (C(OH)–C–C–N with tert-alkyl or cyclic N) is 1. The van der Waals surface area contributed by atoms with Gasteiger partial charge in [-0.3, -0.25) is 0 Å². The van der Waals surface area contributed by atoms with Crippen molar-refractivity contribution in [1.29, 1.82) is 0 Å². The van der Waals surface area contributed by atoms with Crippen LogP contribution in [0.4, 0.5) is 24.8 Å². The Bertz CT molecular complexity index is 1380. The second-order valence-electron chi connectivity index (χ2n) is 9.43. The van der Waals surface area contributed by atoms with Crippen LogP contribution in [0.1, 0.15) is 12.0 Å². The molecule has 2 saturated heterocycles. The fraction of sp³-hybridized carbons (Fsp3) is 0.385. The Morgan fingerprint density at radius 3 is 2.36 bits per heavy atom. The summed E-state index contributed by atoms with van der Waals surface area (Å²) in [7, 11) is -3.87. The molecule has 2 aliphatic heterocycles. The number of alkyl halides is 3. The van der Waals surface area contributed by atoms with Gasteiger partial charge in [-0.05, 0) is 53.9 Å². The Morgan fingerprint density at radius 2 is 1.72 bits per heavy atom. The highest BCUT2D eigenvalue weighted by Gasteiger charge is 2.35. The van der Waals surface area contributed by atoms with E-state index in [1.54, 1.807) is 30.5 Å². The van der Waals surface area contributed by atoms with E-state index >= 15 is 0 Å². The number of morpholine rings is 1. The lowest BCUT2D eigenvalue weighted by Gasteiger charge is -2.35. The highest BCUT2D eigenvalue weighted by atomic mass is 32.2. The van der Waals surface area contributed by atoms with E-state index in [4.69, 9.17) is 4.74 Å². The predicted molar refractivity (Wildman–Crippen MR) is 139 cm³/mol. The number of aliphatic hydroxyl groups excluding tert-OH is 1. The zero-order valence-corrected chi connectivity index (χ0v) is 21.7. The predicted octanol–water partition coefficient (Wildman–Crippen LogP) is 3.24. The van der Waals surface area contributed by atoms with Gasteiger partial charge >= 0.3 is 6.18 Å². The summed E-state index contributed by atoms with van der Waals surface area (Å²) in [4.78, 5) is 10.5. The summed E-state index contributed by atoms with van der Waals surface area (Å²) >= 11 is 0. The van der Waals surface area contributed by atoms with Gasteiger partial charge in [0.05, 0.1) is 35.8 Å². The van der Waals surface area contributed by atoms with Crippen LogP contribution in [0.25, 0.3) is 11.1 Å². The fourth-order valence-corrected chi connectivity index (χ4v) is 6.13. The van der Waals surface area contributed by atoms with E-state index in [-0.39, 0.29) is 30.2 Å². The van der Waals surface area contributed by atoms with Crippen LogP contribution in [0, 0.1) is 0 Å². The molecular weight excluding hydrogens is 535 g/mol. The number of nitrogens with zero attached hydrogens (tertiary/aromatic N) is 4. The summed E-state index contributed by atoms with van der Waals surface area (Å²) in [5.41, 5.74) is 0.884. The maximum atomic E-state index is 13.3. The maximum absolute atomic E-state index is 13.3. The molecule has 2 aromatic heterocycles. The first-order chi connectivity index (χ1) is 18.6. The molecule has 0 saturated carbocycles. The second-order valence-corrected chi connectivity index (χ2v) is 11.4. The summed E-state index contributed by atoms with van der Waals surface area (Å²) in [5, 5.41) is 13.5. The molecular formula is C26H28F3N5O4S. The van der Waals surface area contributed by atoms with Gasteiger partial charge in [0.1, 0.15) is 11.6 Å². The number of piperidine rings is 1. The van der Waals surface area contributed by atoms with Crippen molar-refractivity contribution in [3.8, 4) is 11.1 Å². The Hall–Kier alpha value is -3.26. The van der Waals surface area contributed by atoms with E-state index in [0.717, 1.165) is 36.1 Å². The smallest absolute Gasteiger partial charge is 0.390 e. The van der Waals surface area contributed by atoms with Crippen molar-refractivity contribution in [3.05, 3.63) is 66.5 Å². The molecule has 2 aliphatic rings. The monoisotopic (exact) mass is 563 g/mol. The largest absolute Gasteiger partial charge is 0.417 e. The average Bonchev–Trinajstić information content (AvgIpc) is 2.94. The van der Waals surface area contributed by atoms with Gasteiger partial charge in [0.15, 0.2) is 0 Å². The number of aliphatic hydroxyl groups is 1. The first kappa shape index (κ1) is 27.3. The third kappa shape index (κ3) is 6.16. The normalized spacial score (nSPS) is 21.1. The van der Waals surface area contributed by atoms with Crippen molar-refractivity contribution in [3.63, 3.8) is 0 Å². The van der Waals surface area contributed by atoms with E-state index in [0.29, 0.717) is 19.4 Å². The van der Waals surface area contributed by atoms with Crippen LogP contribution in [0.2, 0.25) is 0 Å². The number of anilines is 2. The van der Waals surface area contributed by atoms with Crippen molar-refractivity contribution in [1.82, 2.24) is 14.3 Å². The number of sulfonamides is 1. The molecule has 2 fully saturated rings. The molecule has 1 aromatic carbocycles. The lowest BCUT2D eigenvalue weighted by Crippen LogP contribution is -2.51. The van der Waals surface area contributed by atoms with Crippen LogP contribution in [0.3, 0.4) is 0 Å². The van der Waals surface area contributed by atoms with Gasteiger partial charge in [-0.2, -0.15) is 17.5 Å². The number of ether oxygens (including phenoxy) is 1. The number of halogens is 3. The van der Waals surface area contributed by atoms with Crippen LogP contribution in [0.5, 0.6) is 0 Å². The Labute approximate surface area is 224 Å². The topological polar surface area (TPSA) is 108 Å². The average molecular weight is 564 g/mol. The van der Waals surface area contributed by atoms with E-state index in [1.807, 2.05) is 12.1 Å². The highest BCUT2D eigenvalue weighted by Crippen LogP contribution is 2.30. The molecule has 3 aromatic rings. The third-order valence-electron chi connectivity index (χ3n) is 6.87. The highest BCUT2D eigenvalue weighted by molar-refractivity contribution is 7.89. The minimum Gasteiger partial charge on any atom is -0.390 e. The number of aromatic nitrogens is 2. The molecule has 0 unspecified atom stereocenters. The van der Waals surface area contributed by atoms with Gasteiger partial charge in [0.25, 0.3) is 0 Å². The lowest BCUT2D eigenvalue weighted by atomic mass is 10.0. The maximum Gasteiger partial charge on any atom is 0.417 e. The number of hydrogen-bond acceptors (Lipinski definition) is 8. The second kappa shape index (κ2) is 11.1. The molecule has 0 spiro atoms. The zero-order chi connectivity index (χ0) is 27.6. The molecule has 39 heavy (non-hydrogen) atoms. The minimum atomic E-state index is -4.49. The first-order valence-corrected chi connectivity index (χ1v) is 13.9. The van der Waals surface area contributed by atoms with Crippen molar-refractivity contribution in [2.45, 2.75) is 29.6 Å². The van der Waals surface area contributed by atoms with Crippen molar-refractivity contribution < 1.29 is 31.4 Å². The SMILES string of the molecule is O=S(=O)(c1ccc(-c2ccnc(N3CCOCC3)c2)cc1)N1CC[C@@H](Nc2ccc(C(F)(F)F)cn2)[C@@H](O)C1. The van der Waals surface area contributed by atoms with E-state index in [9.17, 15) is 26.7 Å². The summed E-state index contributed by atoms with van der Waals surface area (Å²) < 4.78 is 71.5. The van der Waals surface area contributed by atoms with Gasteiger partial charge in [0.2, 0.25) is 10.0 Å². The fourth-order valence-electron chi connectivity index (χ4n) is 4.66. The summed E-state index contributed by atoms with van der Waals surface area (Å²) in [6.07, 6.45) is -2.87. The molecule has 13 heteroatoms. The van der Waals surface area contributed by atoms with Crippen LogP contribution in [-0.2, 0) is 20.9 Å². The third-order valence-corrected chi connectivity index (χ3v) is 8.75. The molecule has 9 nitrogen and oxygen atoms in total. The van der Waals surface area contributed by atoms with Crippen LogP contribution < -0.4 is 10.2 Å². The number of hydrogen-bond donors (Lipinski definition) is 2. The summed E-state index contributed by atoms with van der Waals surface area (Å²) in [5.74, 6) is 1.01. The molecule has 208 valence electrons. The van der Waals surface area contributed by atoms with Gasteiger partial charge < -0.3 is 20.1 Å². The number of pyridine rings is 2. The van der Waals surface area contributed by atoms with Crippen LogP contribution in [-0.4, -0.2) is 79.3 Å². The number of nitrogens with one attached hydrogen (secondary N) is 1. The Morgan fingerprint density at radius 1 is 0.974 bits per heavy atom. The van der Waals surface area contributed by atoms with Crippen molar-refractivity contribution in [2.24, 2.45) is 0 Å². The molecule has 0 bridgehead atoms. The summed E-state index contributed by atoms with van der Waals surface area (Å²) in [6.45, 7) is 2.78. The van der Waals surface area contributed by atoms with Gasteiger partial charge in [0, 0.05) is 38.6 Å². The van der Waals surface area contributed by atoms with E-state index in [2.05, 4.69) is 20.2 Å². The molecule has 5 rings (SSSR count). The van der Waals surface area contributed by atoms with Crippen LogP contribution in [0.15, 0.2) is 65.8 Å². The number of rotatable bonds is 6. The standard InChI is InChI=1S/C26H28F3N5O4S/c27-26(28,29)20-3-6-24(31-16-20)32-22-8-10-34(17-23(22)35)39(36,37)21-4-1-18(2-5-21)19-7-9-30-25(15-19)33-11-13-38-14-12-33/h1-7,9,15-16,22-23,35H,8,10-14,17H2,(H,31,32)/t22-,23+/m1/s1. The molecule has 0 radical (unpaired) electrons. The Kier molecular flexibility index (Phi) is 7.76. The molecule has 2 N–H and O–H groups in total. The molecule has 0 aliphatic carbocycles. The summed E-state index contributed by atoms with van der Waals surface area (Å²) in [6, 6.07) is 11.9. The molecule has 0 amide bonds. The van der Waals surface area contributed by atoms with E-state index < -0.39 is 33.9 Å². The quantitative estimate of drug-likeness (QED) is 0.471. The van der Waals surface area contributed by atoms with Gasteiger partial charge in [-0.1, -0.05) is 12.1 Å². The van der Waals surface area contributed by atoms with Gasteiger partial charge in [-0.25, -0.2) is 18.4 Å². The first-order valence-electron chi connectivity index (χ1n) is 12.5. The lowest BCUT2D eigenvalue weighted by molar-refractivity contribution is -0.137. The van der Waals surface area contributed by atoms with Crippen LogP contribution >= 0.6 is 0 Å². The van der Waals surface area contributed by atoms with Crippen molar-refractivity contribution >= 4 is 21.7 Å². The van der Waals surface area contributed by atoms with Gasteiger partial charge in [-0.15, -0.1) is 0 Å². The van der Waals surface area contributed by atoms with Crippen molar-refractivity contribution in [2.75, 3.05) is 49.6 Å². The zero-order valence-electron chi connectivity index (χ0n) is 20.9. The van der Waals surface area contributed by atoms with E-state index in [1.165, 1.54) is 10.4 Å². The molecule has 4 heterocycles.